The van der Waals surface area contributed by atoms with Gasteiger partial charge in [-0.05, 0) is 0 Å². The molecule has 72 valence electrons. The SMILES string of the molecule is O=S(=O)(CBr)N1CCSSCC1. The maximum Gasteiger partial charge on any atom is 0.224 e. The Balaban J connectivity index is 2.60. The minimum absolute atomic E-state index is 0.0370. The Bertz CT molecular complexity index is 223. The molecule has 0 amide bonds. The van der Waals surface area contributed by atoms with Crippen LogP contribution < -0.4 is 0 Å². The highest BCUT2D eigenvalue weighted by molar-refractivity contribution is 9.10. The second-order valence-electron chi connectivity index (χ2n) is 2.26. The van der Waals surface area contributed by atoms with Gasteiger partial charge in [-0.3, -0.25) is 0 Å². The van der Waals surface area contributed by atoms with Crippen LogP contribution in [0.4, 0.5) is 0 Å². The molecule has 1 heterocycles. The third-order valence-corrected chi connectivity index (χ3v) is 6.99. The summed E-state index contributed by atoms with van der Waals surface area (Å²) in [5, 5.41) is 0. The van der Waals surface area contributed by atoms with Crippen LogP contribution in [0.5, 0.6) is 0 Å². The van der Waals surface area contributed by atoms with Crippen LogP contribution in [0.15, 0.2) is 0 Å². The molecule has 0 saturated carbocycles. The molecule has 0 aromatic heterocycles. The van der Waals surface area contributed by atoms with E-state index in [1.165, 1.54) is 0 Å². The van der Waals surface area contributed by atoms with Crippen molar-refractivity contribution < 1.29 is 8.42 Å². The number of nitrogens with zero attached hydrogens (tertiary/aromatic N) is 1. The van der Waals surface area contributed by atoms with Crippen LogP contribution in [-0.4, -0.2) is 42.0 Å². The van der Waals surface area contributed by atoms with Crippen LogP contribution in [0.25, 0.3) is 0 Å². The van der Waals surface area contributed by atoms with Gasteiger partial charge in [0.2, 0.25) is 10.0 Å². The van der Waals surface area contributed by atoms with Crippen molar-refractivity contribution in [3.63, 3.8) is 0 Å². The summed E-state index contributed by atoms with van der Waals surface area (Å²) < 4.78 is 24.3. The standard InChI is InChI=1S/C5H10BrNO2S3/c6-5-12(8,9)7-1-3-10-11-4-2-7/h1-5H2. The molecule has 1 saturated heterocycles. The van der Waals surface area contributed by atoms with Crippen LogP contribution >= 0.6 is 37.5 Å². The quantitative estimate of drug-likeness (QED) is 0.569. The van der Waals surface area contributed by atoms with Crippen molar-refractivity contribution in [2.24, 2.45) is 0 Å². The van der Waals surface area contributed by atoms with E-state index in [2.05, 4.69) is 15.9 Å². The molecule has 3 nitrogen and oxygen atoms in total. The minimum Gasteiger partial charge on any atom is -0.211 e. The predicted octanol–water partition coefficient (Wildman–Crippen LogP) is 1.37. The van der Waals surface area contributed by atoms with E-state index in [1.807, 2.05) is 0 Å². The molecule has 0 N–H and O–H groups in total. The Hall–Kier alpha value is 1.09. The largest absolute Gasteiger partial charge is 0.224 e. The number of hydrogen-bond donors (Lipinski definition) is 0. The summed E-state index contributed by atoms with van der Waals surface area (Å²) in [6.07, 6.45) is 0. The highest BCUT2D eigenvalue weighted by atomic mass is 79.9. The van der Waals surface area contributed by atoms with E-state index < -0.39 is 10.0 Å². The lowest BCUT2D eigenvalue weighted by Crippen LogP contribution is -2.34. The van der Waals surface area contributed by atoms with Gasteiger partial charge in [0, 0.05) is 24.6 Å². The molecule has 7 heteroatoms. The number of hydrogen-bond acceptors (Lipinski definition) is 4. The molecule has 0 bridgehead atoms. The van der Waals surface area contributed by atoms with E-state index >= 15 is 0 Å². The fraction of sp³-hybridized carbons (Fsp3) is 1.00. The van der Waals surface area contributed by atoms with Gasteiger partial charge in [-0.25, -0.2) is 8.42 Å². The molecule has 0 radical (unpaired) electrons. The van der Waals surface area contributed by atoms with Gasteiger partial charge in [0.05, 0.1) is 0 Å². The first-order valence-electron chi connectivity index (χ1n) is 3.45. The molecule has 0 aliphatic carbocycles. The van der Waals surface area contributed by atoms with Crippen LogP contribution in [0, 0.1) is 0 Å². The smallest absolute Gasteiger partial charge is 0.211 e. The average Bonchev–Trinajstić information content (AvgIpc) is 2.32. The van der Waals surface area contributed by atoms with Gasteiger partial charge in [0.15, 0.2) is 0 Å². The highest BCUT2D eigenvalue weighted by Crippen LogP contribution is 2.25. The average molecular weight is 292 g/mol. The first kappa shape index (κ1) is 11.2. The van der Waals surface area contributed by atoms with E-state index in [4.69, 9.17) is 0 Å². The second-order valence-corrected chi connectivity index (χ2v) is 8.24. The van der Waals surface area contributed by atoms with Crippen LogP contribution in [0.2, 0.25) is 0 Å². The molecule has 0 spiro atoms. The first-order chi connectivity index (χ1) is 5.67. The number of rotatable bonds is 2. The molecule has 12 heavy (non-hydrogen) atoms. The van der Waals surface area contributed by atoms with Gasteiger partial charge >= 0.3 is 0 Å². The summed E-state index contributed by atoms with van der Waals surface area (Å²) in [7, 11) is 0.461. The van der Waals surface area contributed by atoms with Crippen LogP contribution in [0.1, 0.15) is 0 Å². The zero-order valence-electron chi connectivity index (χ0n) is 6.40. The Labute approximate surface area is 89.2 Å². The van der Waals surface area contributed by atoms with Crippen LogP contribution in [0.3, 0.4) is 0 Å². The summed E-state index contributed by atoms with van der Waals surface area (Å²) in [4.78, 5) is 0. The van der Waals surface area contributed by atoms with Crippen LogP contribution in [-0.2, 0) is 10.0 Å². The van der Waals surface area contributed by atoms with Gasteiger partial charge in [-0.2, -0.15) is 4.31 Å². The zero-order valence-corrected chi connectivity index (χ0v) is 10.4. The third kappa shape index (κ3) is 3.10. The van der Waals surface area contributed by atoms with E-state index in [0.29, 0.717) is 13.1 Å². The third-order valence-electron chi connectivity index (χ3n) is 1.46. The lowest BCUT2D eigenvalue weighted by Gasteiger charge is -2.16. The molecule has 0 atom stereocenters. The Kier molecular flexibility index (Phi) is 4.74. The number of sulfonamides is 1. The molecular weight excluding hydrogens is 282 g/mol. The van der Waals surface area contributed by atoms with E-state index in [9.17, 15) is 8.42 Å². The molecule has 0 aromatic rings. The summed E-state index contributed by atoms with van der Waals surface area (Å²) in [5.41, 5.74) is 0. The van der Waals surface area contributed by atoms with Gasteiger partial charge in [-0.15, -0.1) is 0 Å². The summed E-state index contributed by atoms with van der Waals surface area (Å²) in [6, 6.07) is 0. The summed E-state index contributed by atoms with van der Waals surface area (Å²) in [5.74, 6) is 1.77. The lowest BCUT2D eigenvalue weighted by molar-refractivity contribution is 0.455. The predicted molar refractivity (Wildman–Crippen MR) is 59.2 cm³/mol. The Morgan fingerprint density at radius 1 is 1.25 bits per heavy atom. The van der Waals surface area contributed by atoms with Gasteiger partial charge < -0.3 is 0 Å². The number of halogens is 1. The van der Waals surface area contributed by atoms with E-state index in [-0.39, 0.29) is 4.66 Å². The van der Waals surface area contributed by atoms with E-state index in [1.54, 1.807) is 25.9 Å². The Morgan fingerprint density at radius 3 is 2.17 bits per heavy atom. The maximum absolute atomic E-state index is 11.4. The number of alkyl halides is 1. The normalized spacial score (nSPS) is 22.1. The monoisotopic (exact) mass is 291 g/mol. The van der Waals surface area contributed by atoms with Crippen molar-refractivity contribution in [2.75, 3.05) is 29.3 Å². The minimum atomic E-state index is -3.02. The van der Waals surface area contributed by atoms with Crippen molar-refractivity contribution in [1.29, 1.82) is 0 Å². The molecule has 1 rings (SSSR count). The summed E-state index contributed by atoms with van der Waals surface area (Å²) in [6.45, 7) is 1.29. The van der Waals surface area contributed by atoms with Gasteiger partial charge in [0.1, 0.15) is 4.66 Å². The second kappa shape index (κ2) is 5.09. The molecular formula is C5H10BrNO2S3. The molecule has 1 aliphatic heterocycles. The van der Waals surface area contributed by atoms with Gasteiger partial charge in [-0.1, -0.05) is 37.5 Å². The zero-order chi connectivity index (χ0) is 9.03. The molecule has 0 unspecified atom stereocenters. The fourth-order valence-corrected chi connectivity index (χ4v) is 4.81. The molecule has 1 fully saturated rings. The van der Waals surface area contributed by atoms with Gasteiger partial charge in [0.25, 0.3) is 0 Å². The maximum atomic E-state index is 11.4. The van der Waals surface area contributed by atoms with Crippen molar-refractivity contribution in [3.8, 4) is 0 Å². The molecule has 1 aliphatic rings. The lowest BCUT2D eigenvalue weighted by atomic mass is 10.6. The van der Waals surface area contributed by atoms with Crippen molar-refractivity contribution in [1.82, 2.24) is 4.31 Å². The Morgan fingerprint density at radius 2 is 1.75 bits per heavy atom. The van der Waals surface area contributed by atoms with Crippen molar-refractivity contribution in [3.05, 3.63) is 0 Å². The fourth-order valence-electron chi connectivity index (χ4n) is 0.855. The first-order valence-corrected chi connectivity index (χ1v) is 8.67. The highest BCUT2D eigenvalue weighted by Gasteiger charge is 2.21. The topological polar surface area (TPSA) is 37.4 Å². The summed E-state index contributed by atoms with van der Waals surface area (Å²) >= 11 is 2.99. The van der Waals surface area contributed by atoms with E-state index in [0.717, 1.165) is 11.5 Å². The molecule has 0 aromatic carbocycles. The van der Waals surface area contributed by atoms with Crippen molar-refractivity contribution in [2.45, 2.75) is 0 Å². The van der Waals surface area contributed by atoms with Crippen molar-refractivity contribution >= 4 is 47.5 Å².